The molecule has 0 bridgehead atoms. The Hall–Kier alpha value is 0.0283. The van der Waals surface area contributed by atoms with Gasteiger partial charge in [0.05, 0.1) is 0 Å². The molecule has 0 aromatic carbocycles. The zero-order valence-corrected chi connectivity index (χ0v) is 14.4. The fraction of sp³-hybridized carbons (Fsp3) is 0.786. The number of rotatable bonds is 4. The van der Waals surface area contributed by atoms with Crippen molar-refractivity contribution in [2.75, 3.05) is 0 Å². The molecule has 17 heavy (non-hydrogen) atoms. The second kappa shape index (κ2) is 6.27. The van der Waals surface area contributed by atoms with Gasteiger partial charge in [-0.05, 0) is 0 Å². The van der Waals surface area contributed by atoms with Crippen molar-refractivity contribution >= 4 is 11.6 Å². The predicted octanol–water partition coefficient (Wildman–Crippen LogP) is 3.05. The molecule has 0 radical (unpaired) electrons. The summed E-state index contributed by atoms with van der Waals surface area (Å²) in [4.78, 5) is 24.3. The van der Waals surface area contributed by atoms with E-state index in [1.807, 2.05) is 34.6 Å². The normalized spacial score (nSPS) is 28.3. The van der Waals surface area contributed by atoms with Crippen LogP contribution >= 0.6 is 0 Å². The van der Waals surface area contributed by atoms with Crippen LogP contribution < -0.4 is 0 Å². The van der Waals surface area contributed by atoms with Gasteiger partial charge in [0, 0.05) is 44.2 Å². The minimum absolute atomic E-state index is 0. The van der Waals surface area contributed by atoms with Crippen molar-refractivity contribution in [3.63, 3.8) is 0 Å². The average molecular weight is 407 g/mol. The Morgan fingerprint density at radius 1 is 1.18 bits per heavy atom. The van der Waals surface area contributed by atoms with Crippen LogP contribution in [0, 0.1) is 29.6 Å². The first-order valence-electron chi connectivity index (χ1n) is 6.20. The van der Waals surface area contributed by atoms with E-state index in [-0.39, 0.29) is 50.4 Å². The molecule has 2 unspecified atom stereocenters. The van der Waals surface area contributed by atoms with Gasteiger partial charge in [0.15, 0.2) is 0 Å². The maximum atomic E-state index is 12.2. The van der Waals surface area contributed by atoms with Crippen molar-refractivity contribution in [1.82, 2.24) is 0 Å². The van der Waals surface area contributed by atoms with Gasteiger partial charge in [0.1, 0.15) is 11.6 Å². The van der Waals surface area contributed by atoms with E-state index >= 15 is 0 Å². The summed E-state index contributed by atoms with van der Waals surface area (Å²) in [5, 5.41) is 0. The van der Waals surface area contributed by atoms with Gasteiger partial charge >= 0.3 is 0 Å². The van der Waals surface area contributed by atoms with Crippen LogP contribution in [0.2, 0.25) is 0 Å². The fourth-order valence-electron chi connectivity index (χ4n) is 2.72. The minimum atomic E-state index is -0.449. The van der Waals surface area contributed by atoms with Crippen molar-refractivity contribution in [3.8, 4) is 0 Å². The number of carbonyl (C=O) groups is 2. The summed E-state index contributed by atoms with van der Waals surface area (Å²) in [5.74, 6) is 0.419. The molecule has 1 rings (SSSR count). The molecule has 1 saturated carbocycles. The quantitative estimate of drug-likeness (QED) is 0.672. The summed E-state index contributed by atoms with van der Waals surface area (Å²) in [7, 11) is 0. The molecule has 0 aliphatic heterocycles. The van der Waals surface area contributed by atoms with E-state index in [4.69, 9.17) is 0 Å². The molecule has 3 heteroatoms. The summed E-state index contributed by atoms with van der Waals surface area (Å²) in [5.41, 5.74) is -0.449. The average Bonchev–Trinajstić information content (AvgIpc) is 2.58. The Morgan fingerprint density at radius 2 is 1.71 bits per heavy atom. The number of carbonyl (C=O) groups excluding carboxylic acids is 2. The maximum Gasteiger partial charge on any atom is 0.139 e. The Bertz CT molecular complexity index is 297. The van der Waals surface area contributed by atoms with E-state index in [0.717, 1.165) is 12.8 Å². The van der Waals surface area contributed by atoms with Crippen LogP contribution in [-0.2, 0) is 30.7 Å². The van der Waals surface area contributed by atoms with Crippen LogP contribution in [0.25, 0.3) is 0 Å². The molecule has 0 N–H and O–H groups in total. The second-order valence-electron chi connectivity index (χ2n) is 5.77. The Morgan fingerprint density at radius 3 is 2.12 bits per heavy atom. The number of Topliss-reactive ketones (excluding diaryl/α,β-unsaturated/α-hetero) is 2. The van der Waals surface area contributed by atoms with E-state index in [9.17, 15) is 9.59 Å². The van der Waals surface area contributed by atoms with Crippen LogP contribution in [-0.4, -0.2) is 11.6 Å². The standard InChI is InChI=1S/C14H23O2.W/c1-9(2)12(15)11-7-6-8-14(11,5)13(16)10(3)4;/h6,9-11H,7-8H2,1-5H3;/q-1;. The first-order chi connectivity index (χ1) is 7.30. The van der Waals surface area contributed by atoms with Gasteiger partial charge in [-0.3, -0.25) is 9.59 Å². The van der Waals surface area contributed by atoms with Crippen molar-refractivity contribution in [1.29, 1.82) is 0 Å². The SMILES string of the molecule is CC(C)C(=O)C1C[CH-]CC1(C)C(=O)C(C)C.[W]. The third-order valence-corrected chi connectivity index (χ3v) is 3.74. The molecule has 1 aliphatic carbocycles. The fourth-order valence-corrected chi connectivity index (χ4v) is 2.72. The first-order valence-corrected chi connectivity index (χ1v) is 6.20. The summed E-state index contributed by atoms with van der Waals surface area (Å²) < 4.78 is 0. The number of hydrogen-bond acceptors (Lipinski definition) is 2. The van der Waals surface area contributed by atoms with Crippen molar-refractivity contribution in [3.05, 3.63) is 6.42 Å². The molecule has 0 heterocycles. The van der Waals surface area contributed by atoms with Crippen molar-refractivity contribution < 1.29 is 30.7 Å². The van der Waals surface area contributed by atoms with Crippen LogP contribution in [0.4, 0.5) is 0 Å². The topological polar surface area (TPSA) is 34.1 Å². The molecule has 1 aliphatic rings. The van der Waals surface area contributed by atoms with E-state index in [0.29, 0.717) is 0 Å². The first kappa shape index (κ1) is 17.0. The van der Waals surface area contributed by atoms with Crippen LogP contribution in [0.15, 0.2) is 0 Å². The monoisotopic (exact) mass is 407 g/mol. The minimum Gasteiger partial charge on any atom is -0.327 e. The zero-order chi connectivity index (χ0) is 12.5. The summed E-state index contributed by atoms with van der Waals surface area (Å²) in [6.45, 7) is 9.64. The van der Waals surface area contributed by atoms with Gasteiger partial charge in [0.25, 0.3) is 0 Å². The smallest absolute Gasteiger partial charge is 0.139 e. The van der Waals surface area contributed by atoms with E-state index in [2.05, 4.69) is 6.42 Å². The predicted molar refractivity (Wildman–Crippen MR) is 64.8 cm³/mol. The molecular formula is C14H23O2W-. The summed E-state index contributed by atoms with van der Waals surface area (Å²) in [6, 6.07) is 0. The Labute approximate surface area is 119 Å². The molecule has 0 spiro atoms. The molecule has 0 saturated heterocycles. The van der Waals surface area contributed by atoms with Gasteiger partial charge < -0.3 is 6.42 Å². The van der Waals surface area contributed by atoms with E-state index in [1.165, 1.54) is 0 Å². The van der Waals surface area contributed by atoms with Crippen LogP contribution in [0.1, 0.15) is 47.5 Å². The Kier molecular flexibility index (Phi) is 6.28. The largest absolute Gasteiger partial charge is 0.327 e. The molecule has 1 fully saturated rings. The van der Waals surface area contributed by atoms with Gasteiger partial charge in [0.2, 0.25) is 0 Å². The van der Waals surface area contributed by atoms with E-state index < -0.39 is 5.41 Å². The number of hydrogen-bond donors (Lipinski definition) is 0. The molecule has 0 aromatic rings. The van der Waals surface area contributed by atoms with Crippen LogP contribution in [0.3, 0.4) is 0 Å². The van der Waals surface area contributed by atoms with Crippen molar-refractivity contribution in [2.45, 2.75) is 47.5 Å². The molecule has 2 nitrogen and oxygen atoms in total. The zero-order valence-electron chi connectivity index (χ0n) is 11.4. The summed E-state index contributed by atoms with van der Waals surface area (Å²) >= 11 is 0. The van der Waals surface area contributed by atoms with Gasteiger partial charge in [-0.2, -0.15) is 12.8 Å². The van der Waals surface area contributed by atoms with Gasteiger partial charge in [-0.25, -0.2) is 0 Å². The third-order valence-electron chi connectivity index (χ3n) is 3.74. The van der Waals surface area contributed by atoms with Crippen molar-refractivity contribution in [2.24, 2.45) is 23.2 Å². The van der Waals surface area contributed by atoms with Gasteiger partial charge in [-0.1, -0.05) is 34.6 Å². The Balaban J connectivity index is 0.00000256. The molecular weight excluding hydrogens is 384 g/mol. The second-order valence-corrected chi connectivity index (χ2v) is 5.77. The maximum absolute atomic E-state index is 12.2. The molecule has 0 aromatic heterocycles. The van der Waals surface area contributed by atoms with Gasteiger partial charge in [-0.15, -0.1) is 0 Å². The summed E-state index contributed by atoms with van der Waals surface area (Å²) in [6.07, 6.45) is 3.63. The van der Waals surface area contributed by atoms with Crippen LogP contribution in [0.5, 0.6) is 0 Å². The third kappa shape index (κ3) is 3.28. The number of ketones is 2. The molecule has 0 amide bonds. The molecule has 2 atom stereocenters. The molecule has 98 valence electrons. The van der Waals surface area contributed by atoms with E-state index in [1.54, 1.807) is 0 Å².